The first-order valence-electron chi connectivity index (χ1n) is 5.62. The molecule has 0 atom stereocenters. The zero-order chi connectivity index (χ0) is 10.4. The molecule has 1 amide bonds. The smallest absolute Gasteiger partial charge is 0.230 e. The molecular formula is C13H15NO. The first-order valence-corrected chi connectivity index (χ1v) is 5.62. The van der Waals surface area contributed by atoms with E-state index in [4.69, 9.17) is 0 Å². The number of carbonyl (C=O) groups is 1. The van der Waals surface area contributed by atoms with Crippen LogP contribution >= 0.6 is 0 Å². The zero-order valence-electron chi connectivity index (χ0n) is 8.94. The minimum absolute atomic E-state index is 0.324. The van der Waals surface area contributed by atoms with Crippen molar-refractivity contribution in [2.45, 2.75) is 19.8 Å². The van der Waals surface area contributed by atoms with Crippen LogP contribution in [0.1, 0.15) is 18.4 Å². The van der Waals surface area contributed by atoms with Gasteiger partial charge in [-0.2, -0.15) is 0 Å². The lowest BCUT2D eigenvalue weighted by Gasteiger charge is -2.46. The summed E-state index contributed by atoms with van der Waals surface area (Å²) in [4.78, 5) is 13.9. The van der Waals surface area contributed by atoms with Crippen LogP contribution in [-0.2, 0) is 4.79 Å². The van der Waals surface area contributed by atoms with Gasteiger partial charge in [0, 0.05) is 18.2 Å². The van der Waals surface area contributed by atoms with Crippen molar-refractivity contribution in [1.29, 1.82) is 0 Å². The van der Waals surface area contributed by atoms with Gasteiger partial charge in [0.15, 0.2) is 0 Å². The van der Waals surface area contributed by atoms with Crippen LogP contribution in [0.4, 0.5) is 5.69 Å². The number of aryl methyl sites for hydroxylation is 1. The van der Waals surface area contributed by atoms with Crippen molar-refractivity contribution in [3.8, 4) is 0 Å². The van der Waals surface area contributed by atoms with Crippen LogP contribution < -0.4 is 4.90 Å². The van der Waals surface area contributed by atoms with Crippen molar-refractivity contribution in [1.82, 2.24) is 0 Å². The average Bonchev–Trinajstić information content (AvgIpc) is 2.18. The second-order valence-electron chi connectivity index (χ2n) is 4.82. The highest BCUT2D eigenvalue weighted by molar-refractivity contribution is 5.97. The monoisotopic (exact) mass is 201 g/mol. The van der Waals surface area contributed by atoms with Gasteiger partial charge in [-0.3, -0.25) is 4.79 Å². The Morgan fingerprint density at radius 1 is 1.20 bits per heavy atom. The molecule has 2 bridgehead atoms. The van der Waals surface area contributed by atoms with E-state index in [9.17, 15) is 4.79 Å². The Bertz CT molecular complexity index is 390. The van der Waals surface area contributed by atoms with Crippen LogP contribution in [0.15, 0.2) is 24.3 Å². The molecule has 2 aliphatic heterocycles. The normalized spacial score (nSPS) is 28.9. The first-order chi connectivity index (χ1) is 7.24. The maximum atomic E-state index is 12.0. The fourth-order valence-corrected chi connectivity index (χ4v) is 2.61. The van der Waals surface area contributed by atoms with Crippen LogP contribution in [0.2, 0.25) is 0 Å². The summed E-state index contributed by atoms with van der Waals surface area (Å²) < 4.78 is 0. The van der Waals surface area contributed by atoms with Gasteiger partial charge in [0.1, 0.15) is 0 Å². The SMILES string of the molecule is Cc1ccc(N2CC3CC(C3)C2=O)cc1. The maximum absolute atomic E-state index is 12.0. The van der Waals surface area contributed by atoms with Gasteiger partial charge < -0.3 is 4.90 Å². The molecule has 78 valence electrons. The van der Waals surface area contributed by atoms with Gasteiger partial charge in [0.25, 0.3) is 0 Å². The lowest BCUT2D eigenvalue weighted by molar-refractivity contribution is -0.129. The third-order valence-corrected chi connectivity index (χ3v) is 3.64. The minimum Gasteiger partial charge on any atom is -0.312 e. The molecule has 1 aromatic rings. The molecule has 2 heteroatoms. The third-order valence-electron chi connectivity index (χ3n) is 3.64. The number of rotatable bonds is 1. The lowest BCUT2D eigenvalue weighted by Crippen LogP contribution is -2.53. The van der Waals surface area contributed by atoms with Crippen LogP contribution in [0, 0.1) is 18.8 Å². The molecule has 3 aliphatic rings. The Morgan fingerprint density at radius 3 is 2.47 bits per heavy atom. The highest BCUT2D eigenvalue weighted by Gasteiger charge is 2.43. The number of piperidine rings is 2. The van der Waals surface area contributed by atoms with Gasteiger partial charge in [0.2, 0.25) is 5.91 Å². The van der Waals surface area contributed by atoms with Gasteiger partial charge >= 0.3 is 0 Å². The summed E-state index contributed by atoms with van der Waals surface area (Å²) in [5.74, 6) is 1.42. The van der Waals surface area contributed by atoms with Gasteiger partial charge in [-0.1, -0.05) is 17.7 Å². The molecule has 0 aromatic heterocycles. The number of carbonyl (C=O) groups excluding carboxylic acids is 1. The second-order valence-corrected chi connectivity index (χ2v) is 4.82. The van der Waals surface area contributed by atoms with Gasteiger partial charge in [-0.15, -0.1) is 0 Å². The lowest BCUT2D eigenvalue weighted by atomic mass is 9.70. The standard InChI is InChI=1S/C13H15NO/c1-9-2-4-12(5-3-9)14-8-10-6-11(7-10)13(14)15/h2-5,10-11H,6-8H2,1H3. The number of amides is 1. The highest BCUT2D eigenvalue weighted by Crippen LogP contribution is 2.41. The Labute approximate surface area is 89.9 Å². The van der Waals surface area contributed by atoms with Crippen molar-refractivity contribution in [3.05, 3.63) is 29.8 Å². The molecule has 1 saturated carbocycles. The summed E-state index contributed by atoms with van der Waals surface area (Å²) in [6.07, 6.45) is 2.25. The Kier molecular flexibility index (Phi) is 1.84. The van der Waals surface area contributed by atoms with E-state index in [1.807, 2.05) is 4.90 Å². The fourth-order valence-electron chi connectivity index (χ4n) is 2.61. The molecule has 1 aliphatic carbocycles. The zero-order valence-corrected chi connectivity index (χ0v) is 8.94. The molecule has 2 heterocycles. The predicted octanol–water partition coefficient (Wildman–Crippen LogP) is 2.37. The quantitative estimate of drug-likeness (QED) is 0.683. The van der Waals surface area contributed by atoms with Crippen molar-refractivity contribution in [2.75, 3.05) is 11.4 Å². The molecule has 15 heavy (non-hydrogen) atoms. The summed E-state index contributed by atoms with van der Waals surface area (Å²) >= 11 is 0. The highest BCUT2D eigenvalue weighted by atomic mass is 16.2. The Hall–Kier alpha value is -1.31. The number of hydrogen-bond acceptors (Lipinski definition) is 1. The number of hydrogen-bond donors (Lipinski definition) is 0. The molecule has 1 aromatic carbocycles. The van der Waals surface area contributed by atoms with Gasteiger partial charge in [-0.25, -0.2) is 0 Å². The maximum Gasteiger partial charge on any atom is 0.230 e. The van der Waals surface area contributed by atoms with E-state index in [0.29, 0.717) is 11.8 Å². The van der Waals surface area contributed by atoms with E-state index >= 15 is 0 Å². The molecule has 2 saturated heterocycles. The van der Waals surface area contributed by atoms with E-state index in [2.05, 4.69) is 31.2 Å². The Morgan fingerprint density at radius 2 is 1.87 bits per heavy atom. The molecule has 3 fully saturated rings. The summed E-state index contributed by atoms with van der Waals surface area (Å²) in [6, 6.07) is 8.25. The van der Waals surface area contributed by atoms with Crippen LogP contribution in [0.3, 0.4) is 0 Å². The fraction of sp³-hybridized carbons (Fsp3) is 0.462. The van der Waals surface area contributed by atoms with Gasteiger partial charge in [0.05, 0.1) is 0 Å². The predicted molar refractivity (Wildman–Crippen MR) is 59.7 cm³/mol. The average molecular weight is 201 g/mol. The van der Waals surface area contributed by atoms with Crippen molar-refractivity contribution in [2.24, 2.45) is 11.8 Å². The van der Waals surface area contributed by atoms with Crippen LogP contribution in [0.25, 0.3) is 0 Å². The first kappa shape index (κ1) is 8.96. The molecule has 0 radical (unpaired) electrons. The van der Waals surface area contributed by atoms with E-state index in [0.717, 1.165) is 31.0 Å². The number of fused-ring (bicyclic) bond motifs is 2. The number of nitrogens with zero attached hydrogens (tertiary/aromatic N) is 1. The van der Waals surface area contributed by atoms with Crippen LogP contribution in [-0.4, -0.2) is 12.5 Å². The summed E-state index contributed by atoms with van der Waals surface area (Å²) in [7, 11) is 0. The second kappa shape index (κ2) is 3.09. The summed E-state index contributed by atoms with van der Waals surface area (Å²) in [5.41, 5.74) is 2.31. The number of benzene rings is 1. The van der Waals surface area contributed by atoms with Crippen molar-refractivity contribution < 1.29 is 4.79 Å². The number of anilines is 1. The minimum atomic E-state index is 0.324. The van der Waals surface area contributed by atoms with E-state index < -0.39 is 0 Å². The topological polar surface area (TPSA) is 20.3 Å². The molecule has 2 nitrogen and oxygen atoms in total. The molecular weight excluding hydrogens is 186 g/mol. The summed E-state index contributed by atoms with van der Waals surface area (Å²) in [6.45, 7) is 3.00. The molecule has 0 N–H and O–H groups in total. The van der Waals surface area contributed by atoms with Crippen molar-refractivity contribution >= 4 is 11.6 Å². The van der Waals surface area contributed by atoms with Crippen LogP contribution in [0.5, 0.6) is 0 Å². The summed E-state index contributed by atoms with van der Waals surface area (Å²) in [5, 5.41) is 0. The van der Waals surface area contributed by atoms with E-state index in [1.165, 1.54) is 5.56 Å². The van der Waals surface area contributed by atoms with E-state index in [-0.39, 0.29) is 0 Å². The molecule has 0 unspecified atom stereocenters. The Balaban J connectivity index is 1.88. The van der Waals surface area contributed by atoms with Crippen molar-refractivity contribution in [3.63, 3.8) is 0 Å². The third kappa shape index (κ3) is 1.36. The van der Waals surface area contributed by atoms with E-state index in [1.54, 1.807) is 0 Å². The van der Waals surface area contributed by atoms with Gasteiger partial charge in [-0.05, 0) is 37.8 Å². The molecule has 4 rings (SSSR count). The molecule has 0 spiro atoms. The largest absolute Gasteiger partial charge is 0.312 e.